The molecule has 1 aromatic rings. The van der Waals surface area contributed by atoms with Crippen LogP contribution in [0.3, 0.4) is 0 Å². The summed E-state index contributed by atoms with van der Waals surface area (Å²) in [5, 5.41) is 0. The minimum atomic E-state index is -0.431. The normalized spacial score (nSPS) is 22.3. The van der Waals surface area contributed by atoms with Crippen LogP contribution in [0.4, 0.5) is 0 Å². The predicted octanol–water partition coefficient (Wildman–Crippen LogP) is 2.83. The number of carbonyl (C=O) groups is 1. The standard InChI is InChI=1S/C17H25BO3/c1-12(2)10-15(19)17-16(11-13(3)4)20-18(21-17)14-8-6-5-7-9-14/h5-9,12-13,16-17H,10-11H2,1-4H3/t16-,17-/m1/s1. The Hall–Kier alpha value is -1.13. The van der Waals surface area contributed by atoms with E-state index in [0.717, 1.165) is 11.9 Å². The van der Waals surface area contributed by atoms with Gasteiger partial charge in [0.05, 0.1) is 6.10 Å². The summed E-state index contributed by atoms with van der Waals surface area (Å²) in [5.41, 5.74) is 0.978. The maximum absolute atomic E-state index is 12.4. The quantitative estimate of drug-likeness (QED) is 0.755. The molecule has 0 bridgehead atoms. The Morgan fingerprint density at radius 3 is 2.33 bits per heavy atom. The monoisotopic (exact) mass is 288 g/mol. The second kappa shape index (κ2) is 7.23. The molecule has 2 atom stereocenters. The Bertz CT molecular complexity index is 458. The van der Waals surface area contributed by atoms with Gasteiger partial charge in [0.25, 0.3) is 0 Å². The lowest BCUT2D eigenvalue weighted by Crippen LogP contribution is -2.34. The Labute approximate surface area is 128 Å². The molecule has 0 radical (unpaired) electrons. The van der Waals surface area contributed by atoms with Crippen LogP contribution in [0.25, 0.3) is 0 Å². The second-order valence-corrected chi connectivity index (χ2v) is 6.67. The molecule has 0 aromatic heterocycles. The van der Waals surface area contributed by atoms with E-state index < -0.39 is 13.2 Å². The summed E-state index contributed by atoms with van der Waals surface area (Å²) in [5.74, 6) is 0.980. The topological polar surface area (TPSA) is 35.5 Å². The third-order valence-electron chi connectivity index (χ3n) is 3.61. The zero-order chi connectivity index (χ0) is 15.4. The molecule has 3 nitrogen and oxygen atoms in total. The third kappa shape index (κ3) is 4.42. The lowest BCUT2D eigenvalue weighted by molar-refractivity contribution is -0.127. The highest BCUT2D eigenvalue weighted by atomic mass is 16.7. The van der Waals surface area contributed by atoms with E-state index in [0.29, 0.717) is 18.3 Å². The van der Waals surface area contributed by atoms with Gasteiger partial charge in [0.15, 0.2) is 5.78 Å². The van der Waals surface area contributed by atoms with Crippen LogP contribution in [-0.2, 0) is 14.1 Å². The Kier molecular flexibility index (Phi) is 5.60. The summed E-state index contributed by atoms with van der Waals surface area (Å²) in [7, 11) is -0.420. The Morgan fingerprint density at radius 1 is 1.10 bits per heavy atom. The highest BCUT2D eigenvalue weighted by Crippen LogP contribution is 2.25. The first kappa shape index (κ1) is 16.2. The van der Waals surface area contributed by atoms with Gasteiger partial charge in [-0.1, -0.05) is 58.0 Å². The van der Waals surface area contributed by atoms with E-state index in [9.17, 15) is 4.79 Å². The molecule has 1 aliphatic heterocycles. The van der Waals surface area contributed by atoms with E-state index in [4.69, 9.17) is 9.31 Å². The minimum absolute atomic E-state index is 0.138. The van der Waals surface area contributed by atoms with Crippen molar-refractivity contribution in [2.45, 2.75) is 52.7 Å². The molecule has 114 valence electrons. The summed E-state index contributed by atoms with van der Waals surface area (Å²) in [6.45, 7) is 8.39. The lowest BCUT2D eigenvalue weighted by atomic mass is 9.79. The van der Waals surface area contributed by atoms with Crippen molar-refractivity contribution >= 4 is 18.4 Å². The van der Waals surface area contributed by atoms with Gasteiger partial charge in [-0.25, -0.2) is 0 Å². The molecule has 4 heteroatoms. The second-order valence-electron chi connectivity index (χ2n) is 6.67. The average molecular weight is 288 g/mol. The molecular formula is C17H25BO3. The lowest BCUT2D eigenvalue weighted by Gasteiger charge is -2.19. The first-order chi connectivity index (χ1) is 9.97. The van der Waals surface area contributed by atoms with Gasteiger partial charge in [0.1, 0.15) is 6.10 Å². The number of rotatable bonds is 6. The third-order valence-corrected chi connectivity index (χ3v) is 3.61. The maximum Gasteiger partial charge on any atom is 0.494 e. The molecule has 0 unspecified atom stereocenters. The van der Waals surface area contributed by atoms with E-state index >= 15 is 0 Å². The van der Waals surface area contributed by atoms with Crippen molar-refractivity contribution in [3.63, 3.8) is 0 Å². The summed E-state index contributed by atoms with van der Waals surface area (Å²) in [6.07, 6.45) is 0.823. The van der Waals surface area contributed by atoms with Crippen molar-refractivity contribution in [3.05, 3.63) is 30.3 Å². The molecular weight excluding hydrogens is 263 g/mol. The van der Waals surface area contributed by atoms with Crippen molar-refractivity contribution in [2.24, 2.45) is 11.8 Å². The number of Topliss-reactive ketones (excluding diaryl/α,β-unsaturated/α-hetero) is 1. The number of benzene rings is 1. The van der Waals surface area contributed by atoms with Crippen LogP contribution in [0.2, 0.25) is 0 Å². The zero-order valence-electron chi connectivity index (χ0n) is 13.4. The summed E-state index contributed by atoms with van der Waals surface area (Å²) < 4.78 is 12.0. The molecule has 0 spiro atoms. The van der Waals surface area contributed by atoms with E-state index in [1.807, 2.05) is 30.3 Å². The highest BCUT2D eigenvalue weighted by molar-refractivity contribution is 6.62. The first-order valence-corrected chi connectivity index (χ1v) is 7.86. The van der Waals surface area contributed by atoms with Crippen molar-refractivity contribution in [1.29, 1.82) is 0 Å². The van der Waals surface area contributed by atoms with E-state index in [2.05, 4.69) is 27.7 Å². The van der Waals surface area contributed by atoms with Crippen molar-refractivity contribution < 1.29 is 14.1 Å². The predicted molar refractivity (Wildman–Crippen MR) is 85.5 cm³/mol. The fourth-order valence-corrected chi connectivity index (χ4v) is 2.70. The fourth-order valence-electron chi connectivity index (χ4n) is 2.70. The van der Waals surface area contributed by atoms with Gasteiger partial charge in [-0.05, 0) is 23.7 Å². The largest absolute Gasteiger partial charge is 0.494 e. The van der Waals surface area contributed by atoms with Gasteiger partial charge in [-0.2, -0.15) is 0 Å². The Morgan fingerprint density at radius 2 is 1.76 bits per heavy atom. The molecule has 1 aliphatic rings. The average Bonchev–Trinajstić information content (AvgIpc) is 2.82. The number of carbonyl (C=O) groups excluding carboxylic acids is 1. The van der Waals surface area contributed by atoms with E-state index in [1.54, 1.807) is 0 Å². The van der Waals surface area contributed by atoms with Crippen molar-refractivity contribution in [1.82, 2.24) is 0 Å². The van der Waals surface area contributed by atoms with Crippen molar-refractivity contribution in [3.8, 4) is 0 Å². The van der Waals surface area contributed by atoms with Crippen LogP contribution in [0, 0.1) is 11.8 Å². The molecule has 0 aliphatic carbocycles. The number of hydrogen-bond acceptors (Lipinski definition) is 3. The van der Waals surface area contributed by atoms with Crippen LogP contribution < -0.4 is 5.46 Å². The molecule has 1 saturated heterocycles. The minimum Gasteiger partial charge on any atom is -0.401 e. The number of ketones is 1. The fraction of sp³-hybridized carbons (Fsp3) is 0.588. The van der Waals surface area contributed by atoms with Gasteiger partial charge >= 0.3 is 7.12 Å². The molecule has 0 N–H and O–H groups in total. The smallest absolute Gasteiger partial charge is 0.401 e. The van der Waals surface area contributed by atoms with Crippen LogP contribution in [0.15, 0.2) is 30.3 Å². The van der Waals surface area contributed by atoms with E-state index in [1.165, 1.54) is 0 Å². The zero-order valence-corrected chi connectivity index (χ0v) is 13.4. The molecule has 2 rings (SSSR count). The van der Waals surface area contributed by atoms with Crippen LogP contribution in [0.5, 0.6) is 0 Å². The van der Waals surface area contributed by atoms with Gasteiger partial charge in [0, 0.05) is 6.42 Å². The van der Waals surface area contributed by atoms with E-state index in [-0.39, 0.29) is 11.9 Å². The molecule has 1 heterocycles. The van der Waals surface area contributed by atoms with Gasteiger partial charge in [-0.3, -0.25) is 4.79 Å². The molecule has 0 amide bonds. The maximum atomic E-state index is 12.4. The molecule has 0 saturated carbocycles. The van der Waals surface area contributed by atoms with Gasteiger partial charge in [-0.15, -0.1) is 0 Å². The summed E-state index contributed by atoms with van der Waals surface area (Å²) in [4.78, 5) is 12.4. The molecule has 21 heavy (non-hydrogen) atoms. The summed E-state index contributed by atoms with van der Waals surface area (Å²) in [6, 6.07) is 9.84. The Balaban J connectivity index is 2.11. The first-order valence-electron chi connectivity index (χ1n) is 7.86. The van der Waals surface area contributed by atoms with Gasteiger partial charge < -0.3 is 9.31 Å². The highest BCUT2D eigenvalue weighted by Gasteiger charge is 2.44. The van der Waals surface area contributed by atoms with Crippen LogP contribution >= 0.6 is 0 Å². The van der Waals surface area contributed by atoms with Gasteiger partial charge in [0.2, 0.25) is 0 Å². The molecule has 1 fully saturated rings. The van der Waals surface area contributed by atoms with Crippen LogP contribution in [-0.4, -0.2) is 25.1 Å². The van der Waals surface area contributed by atoms with Crippen LogP contribution in [0.1, 0.15) is 40.5 Å². The molecule has 1 aromatic carbocycles. The SMILES string of the molecule is CC(C)CC(=O)[C@H]1OB(c2ccccc2)O[C@@H]1CC(C)C. The summed E-state index contributed by atoms with van der Waals surface area (Å²) >= 11 is 0. The van der Waals surface area contributed by atoms with Crippen molar-refractivity contribution in [2.75, 3.05) is 0 Å². The number of hydrogen-bond donors (Lipinski definition) is 0.